The highest BCUT2D eigenvalue weighted by molar-refractivity contribution is 6.29. The lowest BCUT2D eigenvalue weighted by atomic mass is 9.78. The molecular formula is C18H25ClFN3O2. The minimum Gasteiger partial charge on any atom is -0.444 e. The molecule has 1 amide bonds. The SMILES string of the molecule is CC(C)(C)OC(=O)N[C@@H]1CCCC2CN(c3cc(Cl)ncc3F)C[C@H]21. The topological polar surface area (TPSA) is 54.5 Å². The Kier molecular flexibility index (Phi) is 5.09. The molecular weight excluding hydrogens is 345 g/mol. The fourth-order valence-electron chi connectivity index (χ4n) is 3.95. The highest BCUT2D eigenvalue weighted by atomic mass is 35.5. The van der Waals surface area contributed by atoms with E-state index in [0.29, 0.717) is 18.2 Å². The van der Waals surface area contributed by atoms with Gasteiger partial charge < -0.3 is 15.0 Å². The molecule has 2 fully saturated rings. The number of nitrogens with zero attached hydrogens (tertiary/aromatic N) is 2. The van der Waals surface area contributed by atoms with Gasteiger partial charge in [0, 0.05) is 31.1 Å². The minimum absolute atomic E-state index is 0.0546. The number of aromatic nitrogens is 1. The first-order valence-corrected chi connectivity index (χ1v) is 9.16. The quantitative estimate of drug-likeness (QED) is 0.800. The number of hydrogen-bond donors (Lipinski definition) is 1. The number of nitrogens with one attached hydrogen (secondary N) is 1. The monoisotopic (exact) mass is 369 g/mol. The van der Waals surface area contributed by atoms with Gasteiger partial charge in [-0.3, -0.25) is 0 Å². The van der Waals surface area contributed by atoms with Crippen molar-refractivity contribution in [2.45, 2.75) is 51.7 Å². The highest BCUT2D eigenvalue weighted by Crippen LogP contribution is 2.39. The van der Waals surface area contributed by atoms with E-state index in [9.17, 15) is 9.18 Å². The molecule has 1 aromatic rings. The number of hydrogen-bond acceptors (Lipinski definition) is 4. The number of carbonyl (C=O) groups excluding carboxylic acids is 1. The lowest BCUT2D eigenvalue weighted by Crippen LogP contribution is -2.47. The summed E-state index contributed by atoms with van der Waals surface area (Å²) in [6, 6.07) is 1.63. The van der Waals surface area contributed by atoms with Crippen LogP contribution in [0, 0.1) is 17.7 Å². The number of amides is 1. The lowest BCUT2D eigenvalue weighted by Gasteiger charge is -2.33. The lowest BCUT2D eigenvalue weighted by molar-refractivity contribution is 0.0461. The zero-order chi connectivity index (χ0) is 18.2. The summed E-state index contributed by atoms with van der Waals surface area (Å²) in [5.74, 6) is 0.354. The summed E-state index contributed by atoms with van der Waals surface area (Å²) in [6.07, 6.45) is 3.85. The van der Waals surface area contributed by atoms with Crippen LogP contribution >= 0.6 is 11.6 Å². The van der Waals surface area contributed by atoms with Gasteiger partial charge in [-0.15, -0.1) is 0 Å². The maximum Gasteiger partial charge on any atom is 0.407 e. The summed E-state index contributed by atoms with van der Waals surface area (Å²) in [6.45, 7) is 7.02. The zero-order valence-corrected chi connectivity index (χ0v) is 15.6. The van der Waals surface area contributed by atoms with Crippen molar-refractivity contribution in [1.82, 2.24) is 10.3 Å². The molecule has 3 rings (SSSR count). The van der Waals surface area contributed by atoms with E-state index in [4.69, 9.17) is 16.3 Å². The smallest absolute Gasteiger partial charge is 0.407 e. The van der Waals surface area contributed by atoms with Crippen LogP contribution in [0.5, 0.6) is 0 Å². The predicted octanol–water partition coefficient (Wildman–Crippen LogP) is 4.00. The molecule has 0 bridgehead atoms. The Balaban J connectivity index is 1.70. The van der Waals surface area contributed by atoms with Crippen molar-refractivity contribution in [3.05, 3.63) is 23.2 Å². The Bertz CT molecular complexity index is 650. The second-order valence-corrected chi connectivity index (χ2v) is 8.36. The average Bonchev–Trinajstić information content (AvgIpc) is 2.92. The molecule has 0 aromatic carbocycles. The number of anilines is 1. The predicted molar refractivity (Wildman–Crippen MR) is 95.4 cm³/mol. The second kappa shape index (κ2) is 6.98. The number of rotatable bonds is 2. The van der Waals surface area contributed by atoms with Crippen molar-refractivity contribution >= 4 is 23.4 Å². The molecule has 2 heterocycles. The molecule has 1 aliphatic heterocycles. The molecule has 1 unspecified atom stereocenters. The van der Waals surface area contributed by atoms with Crippen LogP contribution in [0.2, 0.25) is 5.15 Å². The summed E-state index contributed by atoms with van der Waals surface area (Å²) >= 11 is 5.93. The molecule has 7 heteroatoms. The molecule has 1 aromatic heterocycles. The number of fused-ring (bicyclic) bond motifs is 1. The van der Waals surface area contributed by atoms with Gasteiger partial charge in [0.25, 0.3) is 0 Å². The standard InChI is InChI=1S/C18H25ClFN3O2/c1-18(2,3)25-17(24)22-14-6-4-5-11-9-23(10-12(11)14)15-7-16(19)21-8-13(15)20/h7-8,11-12,14H,4-6,9-10H2,1-3H3,(H,22,24)/t11?,12-,14-/m1/s1. The third kappa shape index (κ3) is 4.35. The fraction of sp³-hybridized carbons (Fsp3) is 0.667. The maximum absolute atomic E-state index is 14.1. The van der Waals surface area contributed by atoms with Crippen molar-refractivity contribution in [3.63, 3.8) is 0 Å². The first-order valence-electron chi connectivity index (χ1n) is 8.78. The van der Waals surface area contributed by atoms with Gasteiger partial charge in [0.05, 0.1) is 11.9 Å². The number of pyridine rings is 1. The summed E-state index contributed by atoms with van der Waals surface area (Å²) in [5, 5.41) is 3.31. The summed E-state index contributed by atoms with van der Waals surface area (Å²) in [7, 11) is 0. The molecule has 3 atom stereocenters. The molecule has 5 nitrogen and oxygen atoms in total. The van der Waals surface area contributed by atoms with Crippen molar-refractivity contribution in [3.8, 4) is 0 Å². The van der Waals surface area contributed by atoms with Crippen molar-refractivity contribution in [1.29, 1.82) is 0 Å². The van der Waals surface area contributed by atoms with Gasteiger partial charge in [0.15, 0.2) is 5.82 Å². The second-order valence-electron chi connectivity index (χ2n) is 7.97. The van der Waals surface area contributed by atoms with Gasteiger partial charge in [0.2, 0.25) is 0 Å². The summed E-state index contributed by atoms with van der Waals surface area (Å²) in [4.78, 5) is 17.9. The maximum atomic E-state index is 14.1. The molecule has 1 saturated carbocycles. The molecule has 1 aliphatic carbocycles. The largest absolute Gasteiger partial charge is 0.444 e. The normalized spacial score (nSPS) is 26.3. The summed E-state index contributed by atoms with van der Waals surface area (Å²) < 4.78 is 19.5. The molecule has 138 valence electrons. The van der Waals surface area contributed by atoms with E-state index < -0.39 is 5.60 Å². The van der Waals surface area contributed by atoms with Gasteiger partial charge in [-0.25, -0.2) is 14.2 Å². The molecule has 25 heavy (non-hydrogen) atoms. The van der Waals surface area contributed by atoms with E-state index in [0.717, 1.165) is 32.0 Å². The zero-order valence-electron chi connectivity index (χ0n) is 14.9. The van der Waals surface area contributed by atoms with Crippen molar-refractivity contribution in [2.75, 3.05) is 18.0 Å². The van der Waals surface area contributed by atoms with Gasteiger partial charge in [-0.1, -0.05) is 18.0 Å². The van der Waals surface area contributed by atoms with Gasteiger partial charge in [-0.2, -0.15) is 0 Å². The Morgan fingerprint density at radius 1 is 1.40 bits per heavy atom. The van der Waals surface area contributed by atoms with E-state index in [2.05, 4.69) is 10.3 Å². The van der Waals surface area contributed by atoms with Crippen LogP contribution < -0.4 is 10.2 Å². The van der Waals surface area contributed by atoms with Crippen LogP contribution in [0.15, 0.2) is 12.3 Å². The van der Waals surface area contributed by atoms with E-state index in [1.165, 1.54) is 0 Å². The van der Waals surface area contributed by atoms with E-state index in [-0.39, 0.29) is 29.0 Å². The number of halogens is 2. The van der Waals surface area contributed by atoms with Crippen LogP contribution in [0.3, 0.4) is 0 Å². The number of alkyl carbamates (subject to hydrolysis) is 1. The third-order valence-electron chi connectivity index (χ3n) is 4.94. The third-order valence-corrected chi connectivity index (χ3v) is 5.15. The first-order chi connectivity index (χ1) is 11.7. The van der Waals surface area contributed by atoms with Crippen LogP contribution in [0.25, 0.3) is 0 Å². The van der Waals surface area contributed by atoms with E-state index in [1.54, 1.807) is 6.07 Å². The van der Waals surface area contributed by atoms with Gasteiger partial charge in [-0.05, 0) is 39.5 Å². The summed E-state index contributed by atoms with van der Waals surface area (Å²) in [5.41, 5.74) is -0.0260. The van der Waals surface area contributed by atoms with E-state index >= 15 is 0 Å². The molecule has 1 N–H and O–H groups in total. The first kappa shape index (κ1) is 18.2. The molecule has 1 saturated heterocycles. The highest BCUT2D eigenvalue weighted by Gasteiger charge is 2.42. The molecule has 0 spiro atoms. The fourth-order valence-corrected chi connectivity index (χ4v) is 4.10. The van der Waals surface area contributed by atoms with Crippen LogP contribution in [-0.2, 0) is 4.74 Å². The Morgan fingerprint density at radius 2 is 2.16 bits per heavy atom. The Labute approximate surface area is 152 Å². The van der Waals surface area contributed by atoms with Crippen LogP contribution in [-0.4, -0.2) is 35.8 Å². The van der Waals surface area contributed by atoms with Gasteiger partial charge >= 0.3 is 6.09 Å². The Hall–Kier alpha value is -1.56. The average molecular weight is 370 g/mol. The molecule has 2 aliphatic rings. The van der Waals surface area contributed by atoms with Crippen molar-refractivity contribution < 1.29 is 13.9 Å². The minimum atomic E-state index is -0.517. The molecule has 0 radical (unpaired) electrons. The number of carbonyl (C=O) groups is 1. The van der Waals surface area contributed by atoms with Crippen molar-refractivity contribution in [2.24, 2.45) is 11.8 Å². The van der Waals surface area contributed by atoms with E-state index in [1.807, 2.05) is 25.7 Å². The Morgan fingerprint density at radius 3 is 2.88 bits per heavy atom. The number of ether oxygens (including phenoxy) is 1. The van der Waals surface area contributed by atoms with Gasteiger partial charge in [0.1, 0.15) is 10.8 Å². The van der Waals surface area contributed by atoms with Crippen LogP contribution in [0.1, 0.15) is 40.0 Å². The van der Waals surface area contributed by atoms with Crippen LogP contribution in [0.4, 0.5) is 14.9 Å².